The van der Waals surface area contributed by atoms with Crippen LogP contribution in [0.1, 0.15) is 63.4 Å². The first-order valence-corrected chi connectivity index (χ1v) is 17.4. The van der Waals surface area contributed by atoms with Crippen molar-refractivity contribution in [3.05, 3.63) is 112 Å². The zero-order chi connectivity index (χ0) is 34.0. The minimum Gasteiger partial charge on any atom is -0.494 e. The lowest BCUT2D eigenvalue weighted by Gasteiger charge is -2.14. The van der Waals surface area contributed by atoms with Crippen molar-refractivity contribution in [1.29, 1.82) is 0 Å². The van der Waals surface area contributed by atoms with Crippen LogP contribution >= 0.6 is 23.1 Å². The summed E-state index contributed by atoms with van der Waals surface area (Å²) >= 11 is 2.76. The van der Waals surface area contributed by atoms with Crippen LogP contribution in [0.5, 0.6) is 5.75 Å². The average Bonchev–Trinajstić information content (AvgIpc) is 3.46. The van der Waals surface area contributed by atoms with Crippen LogP contribution in [0, 0.1) is 0 Å². The highest BCUT2D eigenvalue weighted by molar-refractivity contribution is 8.00. The molecule has 248 valence electrons. The number of thioether (sulfide) groups is 1. The molecule has 0 saturated carbocycles. The first-order chi connectivity index (χ1) is 23.2. The molecule has 0 bridgehead atoms. The van der Waals surface area contributed by atoms with Gasteiger partial charge in [-0.05, 0) is 99.2 Å². The van der Waals surface area contributed by atoms with Gasteiger partial charge in [0, 0.05) is 21.0 Å². The van der Waals surface area contributed by atoms with Crippen LogP contribution in [-0.2, 0) is 27.2 Å². The van der Waals surface area contributed by atoms with Crippen LogP contribution in [0.2, 0.25) is 0 Å². The van der Waals surface area contributed by atoms with E-state index >= 15 is 0 Å². The number of benzene rings is 3. The predicted molar refractivity (Wildman–Crippen MR) is 191 cm³/mol. The summed E-state index contributed by atoms with van der Waals surface area (Å²) in [5.41, 5.74) is 3.09. The van der Waals surface area contributed by atoms with Crippen molar-refractivity contribution in [1.82, 2.24) is 5.32 Å². The molecule has 1 aromatic heterocycles. The highest BCUT2D eigenvalue weighted by Gasteiger charge is 2.28. The smallest absolute Gasteiger partial charge is 0.341 e. The molecule has 1 aliphatic rings. The lowest BCUT2D eigenvalue weighted by molar-refractivity contribution is -0.115. The molecule has 5 rings (SSSR count). The van der Waals surface area contributed by atoms with E-state index in [1.807, 2.05) is 19.1 Å². The molecular formula is C37H37N3O6S2. The van der Waals surface area contributed by atoms with E-state index in [4.69, 9.17) is 9.47 Å². The van der Waals surface area contributed by atoms with Crippen molar-refractivity contribution < 1.29 is 28.7 Å². The Morgan fingerprint density at radius 2 is 1.69 bits per heavy atom. The van der Waals surface area contributed by atoms with E-state index in [2.05, 4.69) is 16.0 Å². The largest absolute Gasteiger partial charge is 0.494 e. The third-order valence-electron chi connectivity index (χ3n) is 7.60. The van der Waals surface area contributed by atoms with Gasteiger partial charge in [0.25, 0.3) is 11.8 Å². The molecule has 1 unspecified atom stereocenters. The monoisotopic (exact) mass is 683 g/mol. The molecule has 0 spiro atoms. The van der Waals surface area contributed by atoms with Crippen molar-refractivity contribution in [2.75, 3.05) is 24.4 Å². The maximum absolute atomic E-state index is 13.6. The number of esters is 1. The quantitative estimate of drug-likeness (QED) is 0.0811. The highest BCUT2D eigenvalue weighted by atomic mass is 32.2. The van der Waals surface area contributed by atoms with Gasteiger partial charge in [0.05, 0.1) is 24.5 Å². The van der Waals surface area contributed by atoms with Gasteiger partial charge in [0.2, 0.25) is 5.91 Å². The summed E-state index contributed by atoms with van der Waals surface area (Å²) in [7, 11) is 1.35. The van der Waals surface area contributed by atoms with Crippen molar-refractivity contribution in [3.8, 4) is 5.75 Å². The van der Waals surface area contributed by atoms with E-state index in [1.54, 1.807) is 79.7 Å². The van der Waals surface area contributed by atoms with Crippen molar-refractivity contribution in [3.63, 3.8) is 0 Å². The Kier molecular flexibility index (Phi) is 11.7. The van der Waals surface area contributed by atoms with Gasteiger partial charge in [-0.25, -0.2) is 4.79 Å². The molecule has 1 aliphatic carbocycles. The van der Waals surface area contributed by atoms with Crippen LogP contribution in [0.3, 0.4) is 0 Å². The Balaban J connectivity index is 1.29. The predicted octanol–water partition coefficient (Wildman–Crippen LogP) is 7.34. The normalized spacial score (nSPS) is 13.1. The highest BCUT2D eigenvalue weighted by Crippen LogP contribution is 2.39. The topological polar surface area (TPSA) is 123 Å². The number of carbonyl (C=O) groups excluding carboxylic acids is 4. The Morgan fingerprint density at radius 1 is 0.938 bits per heavy atom. The van der Waals surface area contributed by atoms with Gasteiger partial charge in [-0.3, -0.25) is 14.4 Å². The fourth-order valence-corrected chi connectivity index (χ4v) is 7.43. The number of hydrogen-bond donors (Lipinski definition) is 3. The third-order valence-corrected chi connectivity index (χ3v) is 9.90. The molecule has 1 heterocycles. The number of nitrogens with one attached hydrogen (secondary N) is 3. The van der Waals surface area contributed by atoms with E-state index in [9.17, 15) is 19.2 Å². The number of ether oxygens (including phenoxy) is 2. The van der Waals surface area contributed by atoms with Crippen LogP contribution in [0.25, 0.3) is 6.08 Å². The molecule has 4 aromatic rings. The van der Waals surface area contributed by atoms with Gasteiger partial charge >= 0.3 is 5.97 Å². The number of fused-ring (bicyclic) bond motifs is 1. The van der Waals surface area contributed by atoms with Gasteiger partial charge in [-0.2, -0.15) is 0 Å². The van der Waals surface area contributed by atoms with Crippen molar-refractivity contribution in [2.24, 2.45) is 0 Å². The van der Waals surface area contributed by atoms with Crippen molar-refractivity contribution >= 4 is 63.6 Å². The molecule has 11 heteroatoms. The van der Waals surface area contributed by atoms with E-state index < -0.39 is 23.0 Å². The lowest BCUT2D eigenvalue weighted by Crippen LogP contribution is -2.30. The first-order valence-electron chi connectivity index (χ1n) is 15.7. The van der Waals surface area contributed by atoms with E-state index in [0.29, 0.717) is 39.7 Å². The van der Waals surface area contributed by atoms with Gasteiger partial charge in [0.15, 0.2) is 0 Å². The van der Waals surface area contributed by atoms with Crippen LogP contribution in [0.4, 0.5) is 10.7 Å². The Hall–Kier alpha value is -4.87. The second-order valence-corrected chi connectivity index (χ2v) is 13.5. The van der Waals surface area contributed by atoms with Gasteiger partial charge in [-0.1, -0.05) is 36.4 Å². The summed E-state index contributed by atoms with van der Waals surface area (Å²) in [4.78, 5) is 54.4. The molecule has 0 fully saturated rings. The van der Waals surface area contributed by atoms with E-state index in [0.717, 1.165) is 41.0 Å². The average molecular weight is 684 g/mol. The zero-order valence-electron chi connectivity index (χ0n) is 27.0. The van der Waals surface area contributed by atoms with Gasteiger partial charge < -0.3 is 25.4 Å². The standard InChI is InChI=1S/C37H37N3O6S2/c1-4-46-27-19-17-24(18-20-27)21-30(39-34(42)25-11-6-5-7-12-25)35(43)38-26-13-10-14-28(22-26)47-23(2)33(41)40-36-32(37(44)45-3)29-15-8-9-16-31(29)48-36/h5-7,10-14,17-23H,4,8-9,15-16H2,1-3H3,(H,38,43)(H,39,42)(H,40,41)/b30-21+. The molecule has 9 nitrogen and oxygen atoms in total. The van der Waals surface area contributed by atoms with Crippen LogP contribution < -0.4 is 20.7 Å². The van der Waals surface area contributed by atoms with E-state index in [-0.39, 0.29) is 11.6 Å². The first kappa shape index (κ1) is 34.5. The van der Waals surface area contributed by atoms with Gasteiger partial charge in [-0.15, -0.1) is 23.1 Å². The Labute approximate surface area is 288 Å². The Bertz CT molecular complexity index is 1820. The minimum absolute atomic E-state index is 0.0545. The fraction of sp³-hybridized carbons (Fsp3) is 0.243. The molecule has 48 heavy (non-hydrogen) atoms. The number of hydrogen-bond acceptors (Lipinski definition) is 8. The molecule has 3 amide bonds. The Morgan fingerprint density at radius 3 is 2.42 bits per heavy atom. The van der Waals surface area contributed by atoms with Crippen LogP contribution in [0.15, 0.2) is 89.5 Å². The summed E-state index contributed by atoms with van der Waals surface area (Å²) in [5.74, 6) is -0.927. The van der Waals surface area contributed by atoms with E-state index in [1.165, 1.54) is 30.2 Å². The molecule has 3 N–H and O–H groups in total. The van der Waals surface area contributed by atoms with Crippen LogP contribution in [-0.4, -0.2) is 42.7 Å². The maximum Gasteiger partial charge on any atom is 0.341 e. The van der Waals surface area contributed by atoms with Crippen molar-refractivity contribution in [2.45, 2.75) is 49.7 Å². The molecule has 3 aromatic carbocycles. The molecule has 0 aliphatic heterocycles. The summed E-state index contributed by atoms with van der Waals surface area (Å²) in [6, 6.07) is 23.0. The second kappa shape index (κ2) is 16.3. The minimum atomic E-state index is -0.516. The SMILES string of the molecule is CCOc1ccc(/C=C(/NC(=O)c2ccccc2)C(=O)Nc2cccc(SC(C)C(=O)Nc3sc4c(c3C(=O)OC)CCCC4)c2)cc1. The molecule has 0 saturated heterocycles. The lowest BCUT2D eigenvalue weighted by atomic mass is 9.95. The zero-order valence-corrected chi connectivity index (χ0v) is 28.6. The summed E-state index contributed by atoms with van der Waals surface area (Å²) in [6.07, 6.45) is 5.33. The molecular weight excluding hydrogens is 647 g/mol. The summed E-state index contributed by atoms with van der Waals surface area (Å²) in [5, 5.41) is 8.60. The summed E-state index contributed by atoms with van der Waals surface area (Å²) in [6.45, 7) is 4.22. The molecule has 0 radical (unpaired) electrons. The number of methoxy groups -OCH3 is 1. The number of carbonyl (C=O) groups is 4. The number of aryl methyl sites for hydroxylation is 1. The second-order valence-electron chi connectivity index (χ2n) is 11.0. The number of rotatable bonds is 12. The summed E-state index contributed by atoms with van der Waals surface area (Å²) < 4.78 is 10.6. The number of anilines is 2. The number of thiophene rings is 1. The number of amides is 3. The van der Waals surface area contributed by atoms with Gasteiger partial charge in [0.1, 0.15) is 16.4 Å². The maximum atomic E-state index is 13.6. The fourth-order valence-electron chi connectivity index (χ4n) is 5.22. The molecule has 1 atom stereocenters. The third kappa shape index (κ3) is 8.72.